The van der Waals surface area contributed by atoms with E-state index in [-0.39, 0.29) is 53.5 Å². The molecule has 3 N–H and O–H groups in total. The van der Waals surface area contributed by atoms with E-state index in [0.717, 1.165) is 62.7 Å². The van der Waals surface area contributed by atoms with E-state index in [4.69, 9.17) is 4.74 Å². The number of ether oxygens (including phenoxy) is 1. The van der Waals surface area contributed by atoms with Crippen molar-refractivity contribution in [2.45, 2.75) is 87.9 Å². The molecule has 200 valence electrons. The predicted molar refractivity (Wildman–Crippen MR) is 137 cm³/mol. The molecule has 2 aliphatic heterocycles. The topological polar surface area (TPSA) is 126 Å². The van der Waals surface area contributed by atoms with E-state index in [0.29, 0.717) is 5.75 Å². The highest BCUT2D eigenvalue weighted by molar-refractivity contribution is 5.94. The van der Waals surface area contributed by atoms with Gasteiger partial charge in [-0.25, -0.2) is 4.79 Å². The number of hydrogen-bond donors (Lipinski definition) is 3. The lowest BCUT2D eigenvalue weighted by atomic mass is 9.53. The molecule has 6 aliphatic rings. The van der Waals surface area contributed by atoms with Gasteiger partial charge in [0, 0.05) is 23.7 Å². The van der Waals surface area contributed by atoms with Crippen LogP contribution in [0.5, 0.6) is 5.75 Å². The maximum Gasteiger partial charge on any atom is 0.315 e. The summed E-state index contributed by atoms with van der Waals surface area (Å²) >= 11 is 0. The number of carbonyl (C=O) groups excluding carboxylic acids is 2. The van der Waals surface area contributed by atoms with Gasteiger partial charge in [-0.05, 0) is 94.1 Å². The lowest BCUT2D eigenvalue weighted by molar-refractivity contribution is -0.384. The second-order valence-electron chi connectivity index (χ2n) is 12.2. The molecule has 7 rings (SSSR count). The summed E-state index contributed by atoms with van der Waals surface area (Å²) in [5.41, 5.74) is -0.0228. The summed E-state index contributed by atoms with van der Waals surface area (Å²) in [6, 6.07) is 4.93. The third-order valence-corrected chi connectivity index (χ3v) is 9.64. The number of urea groups is 1. The van der Waals surface area contributed by atoms with Crippen LogP contribution in [0.4, 0.5) is 16.2 Å². The van der Waals surface area contributed by atoms with E-state index >= 15 is 0 Å². The number of nitrogens with zero attached hydrogens (tertiary/aromatic N) is 2. The second kappa shape index (κ2) is 9.45. The van der Waals surface area contributed by atoms with Gasteiger partial charge >= 0.3 is 6.03 Å². The van der Waals surface area contributed by atoms with Crippen LogP contribution < -0.4 is 20.7 Å². The van der Waals surface area contributed by atoms with E-state index in [9.17, 15) is 19.7 Å². The van der Waals surface area contributed by atoms with Crippen molar-refractivity contribution in [2.24, 2.45) is 17.8 Å². The van der Waals surface area contributed by atoms with Crippen molar-refractivity contribution in [3.05, 3.63) is 28.3 Å². The van der Waals surface area contributed by atoms with Gasteiger partial charge in [0.15, 0.2) is 0 Å². The van der Waals surface area contributed by atoms with Crippen LogP contribution in [0.3, 0.4) is 0 Å². The number of methoxy groups -OCH3 is 1. The van der Waals surface area contributed by atoms with Gasteiger partial charge < -0.3 is 20.7 Å². The second-order valence-corrected chi connectivity index (χ2v) is 12.2. The number of piperidine rings is 1. The molecule has 1 aromatic rings. The molecule has 3 amide bonds. The normalized spacial score (nSPS) is 35.7. The molecule has 1 aromatic carbocycles. The average molecular weight is 512 g/mol. The fourth-order valence-electron chi connectivity index (χ4n) is 8.63. The molecule has 0 unspecified atom stereocenters. The maximum atomic E-state index is 13.1. The third kappa shape index (κ3) is 4.87. The van der Waals surface area contributed by atoms with Crippen LogP contribution in [0, 0.1) is 27.9 Å². The van der Waals surface area contributed by atoms with E-state index in [1.165, 1.54) is 38.5 Å². The fourth-order valence-corrected chi connectivity index (χ4v) is 8.63. The summed E-state index contributed by atoms with van der Waals surface area (Å²) in [6.07, 6.45) is 11.1. The van der Waals surface area contributed by atoms with Gasteiger partial charge in [0.1, 0.15) is 11.4 Å². The molecule has 0 spiro atoms. The molecule has 2 saturated heterocycles. The number of nitrogens with one attached hydrogen (secondary N) is 3. The molecule has 0 radical (unpaired) electrons. The maximum absolute atomic E-state index is 13.1. The number of rotatable bonds is 7. The third-order valence-electron chi connectivity index (χ3n) is 9.64. The smallest absolute Gasteiger partial charge is 0.315 e. The zero-order chi connectivity index (χ0) is 25.7. The lowest BCUT2D eigenvalue weighted by Crippen LogP contribution is -2.63. The number of fused-ring (bicyclic) bond motifs is 2. The quantitative estimate of drug-likeness (QED) is 0.378. The highest BCUT2D eigenvalue weighted by Gasteiger charge is 2.52. The summed E-state index contributed by atoms with van der Waals surface area (Å²) in [5.74, 6) is 2.46. The van der Waals surface area contributed by atoms with Crippen LogP contribution in [0.25, 0.3) is 0 Å². The van der Waals surface area contributed by atoms with Crippen LogP contribution in [0.2, 0.25) is 0 Å². The highest BCUT2D eigenvalue weighted by atomic mass is 16.6. The van der Waals surface area contributed by atoms with Gasteiger partial charge in [-0.1, -0.05) is 0 Å². The van der Waals surface area contributed by atoms with E-state index < -0.39 is 4.92 Å². The Bertz CT molecular complexity index is 1040. The van der Waals surface area contributed by atoms with Crippen LogP contribution in [-0.4, -0.2) is 59.1 Å². The number of anilines is 1. The van der Waals surface area contributed by atoms with Crippen molar-refractivity contribution in [1.82, 2.24) is 15.5 Å². The first-order chi connectivity index (χ1) is 17.8. The van der Waals surface area contributed by atoms with Crippen LogP contribution >= 0.6 is 0 Å². The molecule has 10 heteroatoms. The predicted octanol–water partition coefficient (Wildman–Crippen LogP) is 3.81. The van der Waals surface area contributed by atoms with E-state index in [1.54, 1.807) is 6.07 Å². The number of hydrogen-bond acceptors (Lipinski definition) is 6. The minimum Gasteiger partial charge on any atom is -0.496 e. The molecular formula is C27H37N5O5. The van der Waals surface area contributed by atoms with Crippen molar-refractivity contribution in [1.29, 1.82) is 0 Å². The Labute approximate surface area is 217 Å². The first kappa shape index (κ1) is 24.5. The zero-order valence-electron chi connectivity index (χ0n) is 21.4. The number of nitro benzene ring substituents is 1. The van der Waals surface area contributed by atoms with Crippen LogP contribution in [0.1, 0.15) is 64.2 Å². The van der Waals surface area contributed by atoms with Crippen molar-refractivity contribution in [3.63, 3.8) is 0 Å². The van der Waals surface area contributed by atoms with E-state index in [1.807, 2.05) is 0 Å². The molecular weight excluding hydrogens is 474 g/mol. The van der Waals surface area contributed by atoms with E-state index in [2.05, 4.69) is 20.9 Å². The average Bonchev–Trinajstić information content (AvgIpc) is 3.04. The molecule has 10 nitrogen and oxygen atoms in total. The minimum absolute atomic E-state index is 0.000668. The van der Waals surface area contributed by atoms with Crippen molar-refractivity contribution in [2.75, 3.05) is 19.0 Å². The SMILES string of the molecule is COc1ccc(NC(=O)CN2[C@@H]3CC[C@@H]2CC(NC(=O)NC24CC5CC(CC(C5)C2)C4)C3)c([N+](=O)[O-])c1. The van der Waals surface area contributed by atoms with Gasteiger partial charge in [-0.15, -0.1) is 0 Å². The van der Waals surface area contributed by atoms with Crippen LogP contribution in [-0.2, 0) is 4.79 Å². The molecule has 6 bridgehead atoms. The fraction of sp³-hybridized carbons (Fsp3) is 0.704. The van der Waals surface area contributed by atoms with Gasteiger partial charge in [-0.3, -0.25) is 19.8 Å². The Morgan fingerprint density at radius 1 is 1.05 bits per heavy atom. The number of benzene rings is 1. The first-order valence-electron chi connectivity index (χ1n) is 13.8. The Morgan fingerprint density at radius 3 is 2.24 bits per heavy atom. The molecule has 2 heterocycles. The molecule has 37 heavy (non-hydrogen) atoms. The van der Waals surface area contributed by atoms with Gasteiger partial charge in [-0.2, -0.15) is 0 Å². The van der Waals surface area contributed by atoms with Crippen molar-refractivity contribution in [3.8, 4) is 5.75 Å². The highest BCUT2D eigenvalue weighted by Crippen LogP contribution is 2.55. The van der Waals surface area contributed by atoms with Gasteiger partial charge in [0.25, 0.3) is 5.69 Å². The molecule has 4 aliphatic carbocycles. The molecule has 4 saturated carbocycles. The number of nitro groups is 1. The Balaban J connectivity index is 1.03. The Hall–Kier alpha value is -2.88. The Morgan fingerprint density at radius 2 is 1.68 bits per heavy atom. The standard InChI is InChI=1S/C27H37N5O5/c1-37-22-4-5-23(24(11-22)32(35)36)29-25(33)15-31-20-2-3-21(31)10-19(9-20)28-26(34)30-27-12-16-6-17(13-27)8-18(7-16)14-27/h4-5,11,16-21H,2-3,6-10,12-15H2,1H3,(H,29,33)(H2,28,30,34)/t16?,17?,18?,20-,21-,27?/m1/s1. The zero-order valence-corrected chi connectivity index (χ0v) is 21.4. The summed E-state index contributed by atoms with van der Waals surface area (Å²) < 4.78 is 5.07. The largest absolute Gasteiger partial charge is 0.496 e. The number of carbonyl (C=O) groups is 2. The lowest BCUT2D eigenvalue weighted by Gasteiger charge is -2.56. The minimum atomic E-state index is -0.520. The summed E-state index contributed by atoms with van der Waals surface area (Å²) in [5, 5.41) is 20.9. The molecule has 6 fully saturated rings. The number of amides is 3. The van der Waals surface area contributed by atoms with Crippen molar-refractivity contribution < 1.29 is 19.2 Å². The molecule has 2 atom stereocenters. The van der Waals surface area contributed by atoms with Crippen molar-refractivity contribution >= 4 is 23.3 Å². The van der Waals surface area contributed by atoms with Crippen LogP contribution in [0.15, 0.2) is 18.2 Å². The summed E-state index contributed by atoms with van der Waals surface area (Å²) in [4.78, 5) is 39.1. The molecule has 0 aromatic heterocycles. The summed E-state index contributed by atoms with van der Waals surface area (Å²) in [6.45, 7) is 0.185. The Kier molecular flexibility index (Phi) is 6.25. The van der Waals surface area contributed by atoms with Gasteiger partial charge in [0.05, 0.1) is 24.6 Å². The first-order valence-corrected chi connectivity index (χ1v) is 13.8. The summed E-state index contributed by atoms with van der Waals surface area (Å²) in [7, 11) is 1.44. The van der Waals surface area contributed by atoms with Gasteiger partial charge in [0.2, 0.25) is 5.91 Å². The monoisotopic (exact) mass is 511 g/mol.